The highest BCUT2D eigenvalue weighted by molar-refractivity contribution is 5.93. The Labute approximate surface area is 115 Å². The number of aromatic carboxylic acids is 1. The van der Waals surface area contributed by atoms with E-state index < -0.39 is 5.97 Å². The highest BCUT2D eigenvalue weighted by Crippen LogP contribution is 2.14. The smallest absolute Gasteiger partial charge is 0.356 e. The Kier molecular flexibility index (Phi) is 3.16. The number of rotatable bonds is 4. The predicted molar refractivity (Wildman–Crippen MR) is 73.8 cm³/mol. The quantitative estimate of drug-likeness (QED) is 0.787. The van der Waals surface area contributed by atoms with Crippen LogP contribution >= 0.6 is 0 Å². The fourth-order valence-electron chi connectivity index (χ4n) is 2.23. The van der Waals surface area contributed by atoms with E-state index >= 15 is 0 Å². The molecule has 2 heterocycles. The van der Waals surface area contributed by atoms with Gasteiger partial charge in [-0.05, 0) is 18.1 Å². The molecule has 0 bridgehead atoms. The van der Waals surface area contributed by atoms with Crippen LogP contribution in [0.15, 0.2) is 48.9 Å². The molecule has 0 atom stereocenters. The molecule has 2 aromatic heterocycles. The van der Waals surface area contributed by atoms with Crippen LogP contribution in [-0.2, 0) is 12.8 Å². The van der Waals surface area contributed by atoms with Crippen LogP contribution in [0.3, 0.4) is 0 Å². The number of carbonyl (C=O) groups is 1. The molecule has 3 rings (SSSR count). The lowest BCUT2D eigenvalue weighted by Crippen LogP contribution is -1.99. The summed E-state index contributed by atoms with van der Waals surface area (Å²) in [6.45, 7) is 0. The third kappa shape index (κ3) is 2.25. The number of nitrogens with zero attached hydrogens (tertiary/aromatic N) is 3. The summed E-state index contributed by atoms with van der Waals surface area (Å²) in [7, 11) is 0. The van der Waals surface area contributed by atoms with Gasteiger partial charge in [-0.15, -0.1) is 0 Å². The Morgan fingerprint density at radius 1 is 1.15 bits per heavy atom. The standard InChI is InChI=1S/C15H13N3O2/c19-15(20)14-12-8-9-16-10-18(12)13(17-14)7-6-11-4-2-1-3-5-11/h1-5,8-10H,6-7H2,(H,19,20). The number of carboxylic acid groups (broad SMARTS) is 1. The van der Waals surface area contributed by atoms with Crippen LogP contribution in [-0.4, -0.2) is 25.4 Å². The van der Waals surface area contributed by atoms with Gasteiger partial charge < -0.3 is 5.11 Å². The van der Waals surface area contributed by atoms with Gasteiger partial charge in [0.1, 0.15) is 12.2 Å². The van der Waals surface area contributed by atoms with Crippen LogP contribution in [0.2, 0.25) is 0 Å². The highest BCUT2D eigenvalue weighted by atomic mass is 16.4. The molecule has 5 heteroatoms. The molecule has 0 saturated carbocycles. The maximum Gasteiger partial charge on any atom is 0.356 e. The van der Waals surface area contributed by atoms with Gasteiger partial charge in [0.15, 0.2) is 5.69 Å². The molecule has 1 N–H and O–H groups in total. The molecule has 100 valence electrons. The van der Waals surface area contributed by atoms with Crippen molar-refractivity contribution in [3.8, 4) is 0 Å². The zero-order valence-electron chi connectivity index (χ0n) is 10.7. The normalized spacial score (nSPS) is 10.8. The largest absolute Gasteiger partial charge is 0.476 e. The summed E-state index contributed by atoms with van der Waals surface area (Å²) in [5.74, 6) is -0.297. The minimum absolute atomic E-state index is 0.0791. The second-order valence-corrected chi connectivity index (χ2v) is 4.50. The Morgan fingerprint density at radius 2 is 1.95 bits per heavy atom. The van der Waals surface area contributed by atoms with E-state index in [4.69, 9.17) is 0 Å². The van der Waals surface area contributed by atoms with Crippen molar-refractivity contribution in [2.24, 2.45) is 0 Å². The first-order valence-corrected chi connectivity index (χ1v) is 6.34. The first-order chi connectivity index (χ1) is 9.75. The van der Waals surface area contributed by atoms with Gasteiger partial charge in [-0.2, -0.15) is 0 Å². The molecule has 0 saturated heterocycles. The topological polar surface area (TPSA) is 67.5 Å². The number of carboxylic acids is 1. The lowest BCUT2D eigenvalue weighted by molar-refractivity contribution is 0.0693. The van der Waals surface area contributed by atoms with Gasteiger partial charge in [-0.3, -0.25) is 4.40 Å². The molecule has 20 heavy (non-hydrogen) atoms. The van der Waals surface area contributed by atoms with E-state index in [1.807, 2.05) is 30.3 Å². The molecular weight excluding hydrogens is 254 g/mol. The van der Waals surface area contributed by atoms with E-state index in [1.165, 1.54) is 5.56 Å². The first kappa shape index (κ1) is 12.3. The van der Waals surface area contributed by atoms with Crippen LogP contribution < -0.4 is 0 Å². The fraction of sp³-hybridized carbons (Fsp3) is 0.133. The maximum absolute atomic E-state index is 11.2. The van der Waals surface area contributed by atoms with Crippen LogP contribution in [0.4, 0.5) is 0 Å². The highest BCUT2D eigenvalue weighted by Gasteiger charge is 2.16. The zero-order chi connectivity index (χ0) is 13.9. The van der Waals surface area contributed by atoms with Gasteiger partial charge in [0.05, 0.1) is 5.52 Å². The van der Waals surface area contributed by atoms with Crippen LogP contribution in [0, 0.1) is 0 Å². The van der Waals surface area contributed by atoms with E-state index in [0.29, 0.717) is 17.8 Å². The molecule has 0 aliphatic heterocycles. The molecule has 0 unspecified atom stereocenters. The first-order valence-electron chi connectivity index (χ1n) is 6.34. The van der Waals surface area contributed by atoms with Crippen molar-refractivity contribution < 1.29 is 9.90 Å². The second kappa shape index (κ2) is 5.13. The SMILES string of the molecule is O=C(O)c1nc(CCc2ccccc2)n2cnccc12. The van der Waals surface area contributed by atoms with Crippen molar-refractivity contribution in [3.63, 3.8) is 0 Å². The van der Waals surface area contributed by atoms with E-state index in [2.05, 4.69) is 9.97 Å². The van der Waals surface area contributed by atoms with Gasteiger partial charge in [-0.25, -0.2) is 14.8 Å². The Morgan fingerprint density at radius 3 is 2.70 bits per heavy atom. The number of aromatic nitrogens is 3. The van der Waals surface area contributed by atoms with Crippen molar-refractivity contribution >= 4 is 11.5 Å². The predicted octanol–water partition coefficient (Wildman–Crippen LogP) is 2.21. The van der Waals surface area contributed by atoms with Gasteiger partial charge in [0.2, 0.25) is 0 Å². The molecule has 5 nitrogen and oxygen atoms in total. The summed E-state index contributed by atoms with van der Waals surface area (Å²) in [6.07, 6.45) is 4.66. The molecule has 0 amide bonds. The van der Waals surface area contributed by atoms with Crippen LogP contribution in [0.1, 0.15) is 21.9 Å². The minimum atomic E-state index is -1.01. The van der Waals surface area contributed by atoms with Gasteiger partial charge >= 0.3 is 5.97 Å². The molecule has 1 aromatic carbocycles. The zero-order valence-corrected chi connectivity index (χ0v) is 10.7. The lowest BCUT2D eigenvalue weighted by atomic mass is 10.1. The number of aryl methyl sites for hydroxylation is 2. The summed E-state index contributed by atoms with van der Waals surface area (Å²) in [4.78, 5) is 19.5. The number of benzene rings is 1. The molecule has 0 aliphatic carbocycles. The van der Waals surface area contributed by atoms with Crippen LogP contribution in [0.25, 0.3) is 5.52 Å². The maximum atomic E-state index is 11.2. The molecule has 0 radical (unpaired) electrons. The van der Waals surface area contributed by atoms with Gasteiger partial charge in [0, 0.05) is 12.6 Å². The summed E-state index contributed by atoms with van der Waals surface area (Å²) in [6, 6.07) is 11.7. The molecule has 0 aliphatic rings. The van der Waals surface area contributed by atoms with Gasteiger partial charge in [0.25, 0.3) is 0 Å². The van der Waals surface area contributed by atoms with E-state index in [1.54, 1.807) is 23.0 Å². The van der Waals surface area contributed by atoms with E-state index in [0.717, 1.165) is 6.42 Å². The molecule has 3 aromatic rings. The Balaban J connectivity index is 1.94. The Hall–Kier alpha value is -2.69. The number of hydrogen-bond donors (Lipinski definition) is 1. The van der Waals surface area contributed by atoms with Crippen molar-refractivity contribution in [2.45, 2.75) is 12.8 Å². The van der Waals surface area contributed by atoms with Gasteiger partial charge in [-0.1, -0.05) is 30.3 Å². The summed E-state index contributed by atoms with van der Waals surface area (Å²) in [5, 5.41) is 9.19. The van der Waals surface area contributed by atoms with Crippen molar-refractivity contribution in [3.05, 3.63) is 66.0 Å². The third-order valence-electron chi connectivity index (χ3n) is 3.20. The second-order valence-electron chi connectivity index (χ2n) is 4.50. The molecular formula is C15H13N3O2. The Bertz CT molecular complexity index is 750. The summed E-state index contributed by atoms with van der Waals surface area (Å²) < 4.78 is 1.74. The summed E-state index contributed by atoms with van der Waals surface area (Å²) >= 11 is 0. The van der Waals surface area contributed by atoms with E-state index in [9.17, 15) is 9.90 Å². The number of imidazole rings is 1. The van der Waals surface area contributed by atoms with Crippen molar-refractivity contribution in [2.75, 3.05) is 0 Å². The lowest BCUT2D eigenvalue weighted by Gasteiger charge is -2.01. The van der Waals surface area contributed by atoms with E-state index in [-0.39, 0.29) is 5.69 Å². The number of hydrogen-bond acceptors (Lipinski definition) is 3. The monoisotopic (exact) mass is 267 g/mol. The fourth-order valence-corrected chi connectivity index (χ4v) is 2.23. The van der Waals surface area contributed by atoms with Crippen LogP contribution in [0.5, 0.6) is 0 Å². The number of fused-ring (bicyclic) bond motifs is 1. The average molecular weight is 267 g/mol. The molecule has 0 fully saturated rings. The molecule has 0 spiro atoms. The minimum Gasteiger partial charge on any atom is -0.476 e. The average Bonchev–Trinajstić information content (AvgIpc) is 2.85. The third-order valence-corrected chi connectivity index (χ3v) is 3.20. The van der Waals surface area contributed by atoms with Crippen molar-refractivity contribution in [1.29, 1.82) is 0 Å². The van der Waals surface area contributed by atoms with Crippen molar-refractivity contribution in [1.82, 2.24) is 14.4 Å². The summed E-state index contributed by atoms with van der Waals surface area (Å²) in [5.41, 5.74) is 1.86.